The fourth-order valence-electron chi connectivity index (χ4n) is 4.84. The van der Waals surface area contributed by atoms with E-state index in [1.54, 1.807) is 13.3 Å². The summed E-state index contributed by atoms with van der Waals surface area (Å²) in [5.74, 6) is 1.29. The minimum Gasteiger partial charge on any atom is -0.384 e. The van der Waals surface area contributed by atoms with Crippen molar-refractivity contribution >= 4 is 22.6 Å². The van der Waals surface area contributed by atoms with E-state index in [4.69, 9.17) is 9.72 Å². The molecule has 2 fully saturated rings. The quantitative estimate of drug-likeness (QED) is 0.556. The minimum absolute atomic E-state index is 0.0449. The fraction of sp³-hybridized carbons (Fsp3) is 0.407. The first-order valence-electron chi connectivity index (χ1n) is 11.9. The van der Waals surface area contributed by atoms with Gasteiger partial charge in [-0.3, -0.25) is 9.78 Å². The number of carbonyl (C=O) groups excluding carboxylic acids is 1. The lowest BCUT2D eigenvalue weighted by Crippen LogP contribution is -2.54. The van der Waals surface area contributed by atoms with Crippen LogP contribution in [0.3, 0.4) is 0 Å². The Morgan fingerprint density at radius 3 is 2.82 bits per heavy atom. The van der Waals surface area contributed by atoms with Gasteiger partial charge in [0.2, 0.25) is 5.91 Å². The molecule has 1 amide bonds. The third-order valence-electron chi connectivity index (χ3n) is 6.80. The van der Waals surface area contributed by atoms with Gasteiger partial charge < -0.3 is 14.5 Å². The van der Waals surface area contributed by atoms with Gasteiger partial charge >= 0.3 is 0 Å². The highest BCUT2D eigenvalue weighted by atomic mass is 16.5. The van der Waals surface area contributed by atoms with Crippen molar-refractivity contribution in [1.82, 2.24) is 14.9 Å². The standard InChI is InChI=1S/C27H29N5O2/c1-18-17-31(11-12-32(18)25(33)9-13-34-2)27-22(16-28)15-23(26(30-27)19-5-6-19)20-7-8-24-21(14-20)4-3-10-29-24/h3-4,7-8,10,14-15,18-19H,5-6,9,11-13,17H2,1-2H3/t18-/m1/s1. The van der Waals surface area contributed by atoms with Gasteiger partial charge in [-0.05, 0) is 49.6 Å². The van der Waals surface area contributed by atoms with Crippen molar-refractivity contribution < 1.29 is 9.53 Å². The summed E-state index contributed by atoms with van der Waals surface area (Å²) in [6, 6.07) is 14.7. The second kappa shape index (κ2) is 9.40. The Kier molecular flexibility index (Phi) is 6.16. The van der Waals surface area contributed by atoms with Gasteiger partial charge in [0.25, 0.3) is 0 Å². The molecule has 1 saturated carbocycles. The molecule has 34 heavy (non-hydrogen) atoms. The molecule has 7 nitrogen and oxygen atoms in total. The summed E-state index contributed by atoms with van der Waals surface area (Å²) in [5, 5.41) is 11.1. The summed E-state index contributed by atoms with van der Waals surface area (Å²) in [6.07, 6.45) is 4.44. The number of piperazine rings is 1. The number of ether oxygens (including phenoxy) is 1. The summed E-state index contributed by atoms with van der Waals surface area (Å²) in [7, 11) is 1.61. The minimum atomic E-state index is 0.0449. The molecule has 174 valence electrons. The van der Waals surface area contributed by atoms with Crippen LogP contribution < -0.4 is 4.90 Å². The van der Waals surface area contributed by atoms with Crippen molar-refractivity contribution in [3.8, 4) is 17.2 Å². The zero-order chi connectivity index (χ0) is 23.7. The number of nitrogens with zero attached hydrogens (tertiary/aromatic N) is 5. The highest BCUT2D eigenvalue weighted by molar-refractivity contribution is 5.85. The van der Waals surface area contributed by atoms with Crippen LogP contribution in [0.4, 0.5) is 5.82 Å². The molecule has 2 aliphatic rings. The molecular formula is C27H29N5O2. The number of pyridine rings is 2. The van der Waals surface area contributed by atoms with Crippen molar-refractivity contribution in [1.29, 1.82) is 5.26 Å². The zero-order valence-electron chi connectivity index (χ0n) is 19.7. The van der Waals surface area contributed by atoms with Gasteiger partial charge in [-0.1, -0.05) is 12.1 Å². The zero-order valence-corrected chi connectivity index (χ0v) is 19.7. The van der Waals surface area contributed by atoms with Crippen LogP contribution in [0.25, 0.3) is 22.0 Å². The van der Waals surface area contributed by atoms with Gasteiger partial charge in [-0.15, -0.1) is 0 Å². The van der Waals surface area contributed by atoms with Crippen LogP contribution in [0.2, 0.25) is 0 Å². The fourth-order valence-corrected chi connectivity index (χ4v) is 4.84. The maximum Gasteiger partial charge on any atom is 0.225 e. The molecule has 1 aliphatic carbocycles. The van der Waals surface area contributed by atoms with Crippen LogP contribution in [0.15, 0.2) is 42.6 Å². The summed E-state index contributed by atoms with van der Waals surface area (Å²) in [5.41, 5.74) is 4.71. The van der Waals surface area contributed by atoms with E-state index in [9.17, 15) is 10.1 Å². The van der Waals surface area contributed by atoms with Crippen LogP contribution in [-0.4, -0.2) is 60.2 Å². The summed E-state index contributed by atoms with van der Waals surface area (Å²) < 4.78 is 5.06. The molecule has 1 atom stereocenters. The van der Waals surface area contributed by atoms with Crippen molar-refractivity contribution in [2.45, 2.75) is 38.1 Å². The molecule has 1 saturated heterocycles. The third-order valence-corrected chi connectivity index (χ3v) is 6.80. The summed E-state index contributed by atoms with van der Waals surface area (Å²) in [4.78, 5) is 26.2. The van der Waals surface area contributed by atoms with Crippen LogP contribution in [0.1, 0.15) is 43.4 Å². The van der Waals surface area contributed by atoms with E-state index >= 15 is 0 Å². The maximum absolute atomic E-state index is 12.5. The normalized spacial score (nSPS) is 18.2. The Balaban J connectivity index is 1.47. The van der Waals surface area contributed by atoms with E-state index in [0.717, 1.165) is 46.4 Å². The number of amides is 1. The number of benzene rings is 1. The first kappa shape index (κ1) is 22.3. The molecule has 2 aromatic heterocycles. The number of anilines is 1. The molecule has 3 heterocycles. The van der Waals surface area contributed by atoms with E-state index in [1.807, 2.05) is 23.1 Å². The topological polar surface area (TPSA) is 82.3 Å². The van der Waals surface area contributed by atoms with E-state index in [0.29, 0.717) is 44.1 Å². The van der Waals surface area contributed by atoms with E-state index in [-0.39, 0.29) is 11.9 Å². The molecular weight excluding hydrogens is 426 g/mol. The Labute approximate surface area is 200 Å². The van der Waals surface area contributed by atoms with Gasteiger partial charge in [-0.25, -0.2) is 4.98 Å². The summed E-state index contributed by atoms with van der Waals surface area (Å²) >= 11 is 0. The first-order chi connectivity index (χ1) is 16.6. The number of nitriles is 1. The average molecular weight is 456 g/mol. The largest absolute Gasteiger partial charge is 0.384 e. The Bertz CT molecular complexity index is 1260. The SMILES string of the molecule is COCCC(=O)N1CCN(c2nc(C3CC3)c(-c3ccc4ncccc4c3)cc2C#N)C[C@H]1C. The Morgan fingerprint density at radius 1 is 1.24 bits per heavy atom. The Morgan fingerprint density at radius 2 is 2.09 bits per heavy atom. The molecule has 1 aliphatic heterocycles. The molecule has 3 aromatic rings. The molecule has 1 aromatic carbocycles. The molecule has 0 unspecified atom stereocenters. The van der Waals surface area contributed by atoms with Gasteiger partial charge in [-0.2, -0.15) is 5.26 Å². The van der Waals surface area contributed by atoms with Crippen LogP contribution in [-0.2, 0) is 9.53 Å². The predicted octanol–water partition coefficient (Wildman–Crippen LogP) is 4.12. The van der Waals surface area contributed by atoms with Crippen LogP contribution >= 0.6 is 0 Å². The Hall–Kier alpha value is -3.50. The maximum atomic E-state index is 12.5. The molecule has 0 spiro atoms. The predicted molar refractivity (Wildman–Crippen MR) is 132 cm³/mol. The number of methoxy groups -OCH3 is 1. The number of hydrogen-bond donors (Lipinski definition) is 0. The average Bonchev–Trinajstić information content (AvgIpc) is 3.71. The van der Waals surface area contributed by atoms with Gasteiger partial charge in [0, 0.05) is 55.9 Å². The van der Waals surface area contributed by atoms with Crippen LogP contribution in [0.5, 0.6) is 0 Å². The second-order valence-electron chi connectivity index (χ2n) is 9.21. The van der Waals surface area contributed by atoms with Gasteiger partial charge in [0.1, 0.15) is 11.9 Å². The lowest BCUT2D eigenvalue weighted by Gasteiger charge is -2.41. The second-order valence-corrected chi connectivity index (χ2v) is 9.21. The van der Waals surface area contributed by atoms with Crippen molar-refractivity contribution in [2.75, 3.05) is 38.3 Å². The van der Waals surface area contributed by atoms with Crippen molar-refractivity contribution in [2.24, 2.45) is 0 Å². The lowest BCUT2D eigenvalue weighted by atomic mass is 9.97. The summed E-state index contributed by atoms with van der Waals surface area (Å²) in [6.45, 7) is 4.43. The molecule has 7 heteroatoms. The van der Waals surface area contributed by atoms with Crippen molar-refractivity contribution in [3.63, 3.8) is 0 Å². The van der Waals surface area contributed by atoms with Gasteiger partial charge in [0.15, 0.2) is 0 Å². The number of aromatic nitrogens is 2. The van der Waals surface area contributed by atoms with E-state index in [1.165, 1.54) is 0 Å². The van der Waals surface area contributed by atoms with E-state index in [2.05, 4.69) is 41.1 Å². The van der Waals surface area contributed by atoms with Crippen molar-refractivity contribution in [3.05, 3.63) is 53.9 Å². The monoisotopic (exact) mass is 455 g/mol. The number of carbonyl (C=O) groups is 1. The molecule has 0 radical (unpaired) electrons. The number of rotatable bonds is 6. The van der Waals surface area contributed by atoms with Gasteiger partial charge in [0.05, 0.1) is 29.8 Å². The molecule has 5 rings (SSSR count). The highest BCUT2D eigenvalue weighted by Crippen LogP contribution is 2.45. The smallest absolute Gasteiger partial charge is 0.225 e. The number of fused-ring (bicyclic) bond motifs is 1. The highest BCUT2D eigenvalue weighted by Gasteiger charge is 2.33. The molecule has 0 N–H and O–H groups in total. The molecule has 0 bridgehead atoms. The third kappa shape index (κ3) is 4.34. The number of hydrogen-bond acceptors (Lipinski definition) is 6. The first-order valence-corrected chi connectivity index (χ1v) is 11.9. The van der Waals surface area contributed by atoms with Crippen LogP contribution in [0, 0.1) is 11.3 Å². The lowest BCUT2D eigenvalue weighted by molar-refractivity contribution is -0.134. The van der Waals surface area contributed by atoms with E-state index < -0.39 is 0 Å².